The van der Waals surface area contributed by atoms with Crippen molar-refractivity contribution in [2.45, 2.75) is 25.9 Å². The lowest BCUT2D eigenvalue weighted by atomic mass is 10.1. The zero-order chi connectivity index (χ0) is 12.7. The largest absolute Gasteiger partial charge is 0.409 e. The fourth-order valence-corrected chi connectivity index (χ4v) is 1.49. The minimum atomic E-state index is 0.107. The summed E-state index contributed by atoms with van der Waals surface area (Å²) in [6.07, 6.45) is 0.722. The molecule has 1 atom stereocenters. The second-order valence-electron chi connectivity index (χ2n) is 3.98. The average Bonchev–Trinajstić information content (AvgIpc) is 2.36. The van der Waals surface area contributed by atoms with E-state index in [4.69, 9.17) is 16.0 Å². The van der Waals surface area contributed by atoms with E-state index in [1.54, 1.807) is 6.07 Å². The zero-order valence-electron chi connectivity index (χ0n) is 9.93. The number of oxime groups is 1. The zero-order valence-corrected chi connectivity index (χ0v) is 9.93. The molecule has 1 aromatic rings. The van der Waals surface area contributed by atoms with Crippen LogP contribution in [0.5, 0.6) is 0 Å². The first kappa shape index (κ1) is 13.5. The van der Waals surface area contributed by atoms with E-state index < -0.39 is 0 Å². The van der Waals surface area contributed by atoms with Crippen LogP contribution in [0.3, 0.4) is 0 Å². The normalized spacial score (nSPS) is 13.6. The van der Waals surface area contributed by atoms with E-state index in [-0.39, 0.29) is 18.5 Å². The van der Waals surface area contributed by atoms with Gasteiger partial charge in [-0.25, -0.2) is 0 Å². The highest BCUT2D eigenvalue weighted by molar-refractivity contribution is 5.97. The number of aliphatic hydroxyl groups is 1. The average molecular weight is 237 g/mol. The molecule has 94 valence electrons. The summed E-state index contributed by atoms with van der Waals surface area (Å²) in [7, 11) is 0. The van der Waals surface area contributed by atoms with Crippen LogP contribution in [-0.4, -0.2) is 28.8 Å². The molecule has 1 rings (SSSR count). The van der Waals surface area contributed by atoms with Crippen molar-refractivity contribution in [1.29, 1.82) is 0 Å². The number of benzene rings is 1. The van der Waals surface area contributed by atoms with Crippen molar-refractivity contribution in [3.63, 3.8) is 0 Å². The molecule has 0 aliphatic rings. The number of amidine groups is 1. The molecule has 5 nitrogen and oxygen atoms in total. The number of aliphatic hydroxyl groups excluding tert-OH is 1. The van der Waals surface area contributed by atoms with Crippen LogP contribution in [0.1, 0.15) is 24.5 Å². The van der Waals surface area contributed by atoms with E-state index in [2.05, 4.69) is 10.5 Å². The number of nitrogens with one attached hydrogen (secondary N) is 1. The highest BCUT2D eigenvalue weighted by Crippen LogP contribution is 2.05. The maximum atomic E-state index is 8.78. The molecule has 0 saturated heterocycles. The first-order valence-electron chi connectivity index (χ1n) is 5.58. The highest BCUT2D eigenvalue weighted by Gasteiger charge is 2.03. The predicted molar refractivity (Wildman–Crippen MR) is 67.0 cm³/mol. The van der Waals surface area contributed by atoms with Crippen molar-refractivity contribution in [2.24, 2.45) is 10.9 Å². The minimum Gasteiger partial charge on any atom is -0.409 e. The topological polar surface area (TPSA) is 90.9 Å². The van der Waals surface area contributed by atoms with Gasteiger partial charge in [0.15, 0.2) is 5.84 Å². The Morgan fingerprint density at radius 1 is 1.53 bits per heavy atom. The molecule has 1 unspecified atom stereocenters. The van der Waals surface area contributed by atoms with Crippen LogP contribution in [-0.2, 0) is 6.54 Å². The third-order valence-electron chi connectivity index (χ3n) is 2.55. The Morgan fingerprint density at radius 2 is 2.29 bits per heavy atom. The van der Waals surface area contributed by atoms with Crippen molar-refractivity contribution in [3.8, 4) is 0 Å². The molecule has 0 heterocycles. The maximum absolute atomic E-state index is 8.78. The molecule has 0 aromatic heterocycles. The van der Waals surface area contributed by atoms with Gasteiger partial charge in [-0.05, 0) is 25.0 Å². The van der Waals surface area contributed by atoms with E-state index in [9.17, 15) is 0 Å². The fraction of sp³-hybridized carbons (Fsp3) is 0.417. The third kappa shape index (κ3) is 4.42. The van der Waals surface area contributed by atoms with Gasteiger partial charge in [0, 0.05) is 24.8 Å². The van der Waals surface area contributed by atoms with E-state index in [0.29, 0.717) is 12.1 Å². The molecule has 5 N–H and O–H groups in total. The summed E-state index contributed by atoms with van der Waals surface area (Å²) in [5, 5.41) is 23.6. The Kier molecular flexibility index (Phi) is 5.45. The van der Waals surface area contributed by atoms with E-state index in [1.807, 2.05) is 25.1 Å². The fourth-order valence-electron chi connectivity index (χ4n) is 1.49. The molecule has 0 fully saturated rings. The molecule has 0 saturated carbocycles. The van der Waals surface area contributed by atoms with Crippen LogP contribution in [0.4, 0.5) is 0 Å². The van der Waals surface area contributed by atoms with E-state index in [0.717, 1.165) is 12.0 Å². The molecule has 0 aliphatic heterocycles. The van der Waals surface area contributed by atoms with Gasteiger partial charge >= 0.3 is 0 Å². The number of nitrogens with zero attached hydrogens (tertiary/aromatic N) is 1. The van der Waals surface area contributed by atoms with Gasteiger partial charge in [0.1, 0.15) is 0 Å². The molecule has 0 amide bonds. The second-order valence-corrected chi connectivity index (χ2v) is 3.98. The van der Waals surface area contributed by atoms with Crippen molar-refractivity contribution in [2.75, 3.05) is 6.61 Å². The standard InChI is InChI=1S/C12H19N3O2/c1-9(5-6-16)14-8-10-3-2-4-11(7-10)12(13)15-17/h2-4,7,9,14,16-17H,5-6,8H2,1H3,(H2,13,15). The van der Waals surface area contributed by atoms with Gasteiger partial charge in [-0.2, -0.15) is 0 Å². The highest BCUT2D eigenvalue weighted by atomic mass is 16.4. The summed E-state index contributed by atoms with van der Waals surface area (Å²) in [5.41, 5.74) is 7.26. The van der Waals surface area contributed by atoms with Gasteiger partial charge in [-0.3, -0.25) is 0 Å². The number of rotatable bonds is 6. The monoisotopic (exact) mass is 237 g/mol. The number of hydrogen-bond donors (Lipinski definition) is 4. The van der Waals surface area contributed by atoms with Gasteiger partial charge in [-0.15, -0.1) is 0 Å². The number of nitrogens with two attached hydrogens (primary N) is 1. The molecular weight excluding hydrogens is 218 g/mol. The molecule has 0 spiro atoms. The quantitative estimate of drug-likeness (QED) is 0.253. The minimum absolute atomic E-state index is 0.107. The molecule has 1 aromatic carbocycles. The predicted octanol–water partition coefficient (Wildman–Crippen LogP) is 0.642. The van der Waals surface area contributed by atoms with Crippen LogP contribution in [0.25, 0.3) is 0 Å². The Morgan fingerprint density at radius 3 is 2.94 bits per heavy atom. The Bertz CT molecular complexity index is 380. The maximum Gasteiger partial charge on any atom is 0.170 e. The summed E-state index contributed by atoms with van der Waals surface area (Å²) >= 11 is 0. The van der Waals surface area contributed by atoms with Crippen LogP contribution in [0.2, 0.25) is 0 Å². The summed E-state index contributed by atoms with van der Waals surface area (Å²) in [5.74, 6) is 0.107. The van der Waals surface area contributed by atoms with Gasteiger partial charge in [0.2, 0.25) is 0 Å². The van der Waals surface area contributed by atoms with Crippen LogP contribution in [0, 0.1) is 0 Å². The Hall–Kier alpha value is -1.59. The van der Waals surface area contributed by atoms with Crippen molar-refractivity contribution >= 4 is 5.84 Å². The third-order valence-corrected chi connectivity index (χ3v) is 2.55. The smallest absolute Gasteiger partial charge is 0.170 e. The molecule has 0 aliphatic carbocycles. The Labute approximate surface area is 101 Å². The van der Waals surface area contributed by atoms with Crippen LogP contribution >= 0.6 is 0 Å². The van der Waals surface area contributed by atoms with Crippen molar-refractivity contribution in [1.82, 2.24) is 5.32 Å². The molecule has 5 heteroatoms. The van der Waals surface area contributed by atoms with Crippen LogP contribution in [0.15, 0.2) is 29.4 Å². The molecular formula is C12H19N3O2. The van der Waals surface area contributed by atoms with Gasteiger partial charge < -0.3 is 21.4 Å². The van der Waals surface area contributed by atoms with E-state index >= 15 is 0 Å². The lowest BCUT2D eigenvalue weighted by molar-refractivity contribution is 0.268. The summed E-state index contributed by atoms with van der Waals surface area (Å²) in [6, 6.07) is 7.74. The van der Waals surface area contributed by atoms with Gasteiger partial charge in [0.25, 0.3) is 0 Å². The van der Waals surface area contributed by atoms with Gasteiger partial charge in [0.05, 0.1) is 0 Å². The molecule has 0 radical (unpaired) electrons. The molecule has 0 bridgehead atoms. The lowest BCUT2D eigenvalue weighted by Crippen LogP contribution is -2.26. The lowest BCUT2D eigenvalue weighted by Gasteiger charge is -2.12. The summed E-state index contributed by atoms with van der Waals surface area (Å²) < 4.78 is 0. The first-order chi connectivity index (χ1) is 8.17. The number of hydrogen-bond acceptors (Lipinski definition) is 4. The second kappa shape index (κ2) is 6.88. The van der Waals surface area contributed by atoms with Crippen molar-refractivity contribution < 1.29 is 10.3 Å². The first-order valence-corrected chi connectivity index (χ1v) is 5.58. The van der Waals surface area contributed by atoms with Crippen LogP contribution < -0.4 is 11.1 Å². The summed E-state index contributed by atoms with van der Waals surface area (Å²) in [6.45, 7) is 2.88. The van der Waals surface area contributed by atoms with Gasteiger partial charge in [-0.1, -0.05) is 23.4 Å². The molecule has 17 heavy (non-hydrogen) atoms. The van der Waals surface area contributed by atoms with E-state index in [1.165, 1.54) is 0 Å². The van der Waals surface area contributed by atoms with Crippen molar-refractivity contribution in [3.05, 3.63) is 35.4 Å². The SMILES string of the molecule is CC(CCO)NCc1cccc(/C(N)=N/O)c1. The Balaban J connectivity index is 2.60. The summed E-state index contributed by atoms with van der Waals surface area (Å²) in [4.78, 5) is 0.